The molecule has 1 radical (unpaired) electrons. The second kappa shape index (κ2) is 2.87. The Balaban J connectivity index is 3.01. The Morgan fingerprint density at radius 3 is 2.89 bits per heavy atom. The first kappa shape index (κ1) is 6.62. The summed E-state index contributed by atoms with van der Waals surface area (Å²) in [5.41, 5.74) is 1.00. The van der Waals surface area contributed by atoms with Crippen LogP contribution in [0.15, 0.2) is 23.4 Å². The molecule has 47 valence electrons. The average molecular weight is 138 g/mol. The lowest BCUT2D eigenvalue weighted by Gasteiger charge is -1.96. The summed E-state index contributed by atoms with van der Waals surface area (Å²) in [6.07, 6.45) is 5.58. The molecule has 0 unspecified atom stereocenters. The van der Waals surface area contributed by atoms with Gasteiger partial charge in [-0.2, -0.15) is 0 Å². The molecule has 0 aromatic carbocycles. The number of hydrogen-bond donors (Lipinski definition) is 0. The van der Waals surface area contributed by atoms with Crippen LogP contribution in [0.2, 0.25) is 0 Å². The van der Waals surface area contributed by atoms with Gasteiger partial charge in [0.2, 0.25) is 0 Å². The highest BCUT2D eigenvalue weighted by Gasteiger charge is 1.91. The monoisotopic (exact) mass is 138 g/mol. The molecule has 1 rings (SSSR count). The molecular weight excluding hydrogens is 130 g/mol. The first-order chi connectivity index (χ1) is 4.34. The highest BCUT2D eigenvalue weighted by molar-refractivity contribution is 7.98. The van der Waals surface area contributed by atoms with Crippen LogP contribution in [0, 0.1) is 6.92 Å². The van der Waals surface area contributed by atoms with Gasteiger partial charge in [0.1, 0.15) is 0 Å². The third-order valence-corrected chi connectivity index (χ3v) is 1.92. The van der Waals surface area contributed by atoms with Crippen molar-refractivity contribution in [2.24, 2.45) is 0 Å². The van der Waals surface area contributed by atoms with Crippen molar-refractivity contribution in [3.05, 3.63) is 30.9 Å². The Labute approximate surface area is 59.5 Å². The molecule has 0 aliphatic rings. The van der Waals surface area contributed by atoms with E-state index in [0.29, 0.717) is 0 Å². The lowest BCUT2D eigenvalue weighted by Crippen LogP contribution is -1.78. The summed E-state index contributed by atoms with van der Waals surface area (Å²) in [5.74, 6) is 0. The summed E-state index contributed by atoms with van der Waals surface area (Å²) in [5, 5.41) is 0. The van der Waals surface area contributed by atoms with E-state index in [2.05, 4.69) is 11.9 Å². The van der Waals surface area contributed by atoms with Crippen molar-refractivity contribution in [1.82, 2.24) is 4.98 Å². The van der Waals surface area contributed by atoms with E-state index in [9.17, 15) is 0 Å². The van der Waals surface area contributed by atoms with Gasteiger partial charge in [-0.3, -0.25) is 4.98 Å². The maximum atomic E-state index is 3.92. The minimum atomic E-state index is 1.00. The molecular formula is C7H8NS. The normalized spacial score (nSPS) is 9.56. The van der Waals surface area contributed by atoms with Crippen molar-refractivity contribution in [2.75, 3.05) is 6.26 Å². The van der Waals surface area contributed by atoms with Gasteiger partial charge < -0.3 is 0 Å². The maximum Gasteiger partial charge on any atom is 0.0311 e. The Morgan fingerprint density at radius 2 is 2.44 bits per heavy atom. The van der Waals surface area contributed by atoms with Crippen LogP contribution in [0.1, 0.15) is 5.56 Å². The number of aromatic nitrogens is 1. The van der Waals surface area contributed by atoms with Crippen molar-refractivity contribution >= 4 is 11.8 Å². The minimum Gasteiger partial charge on any atom is -0.264 e. The number of nitrogens with zero attached hydrogens (tertiary/aromatic N) is 1. The first-order valence-electron chi connectivity index (χ1n) is 2.64. The van der Waals surface area contributed by atoms with E-state index in [0.717, 1.165) is 5.56 Å². The lowest BCUT2D eigenvalue weighted by atomic mass is 10.3. The standard InChI is InChI=1S/C7H8NS/c1-6-5-8-4-3-7(6)9-2/h3-5H,1H2,2H3. The molecule has 0 amide bonds. The van der Waals surface area contributed by atoms with Gasteiger partial charge in [0.25, 0.3) is 0 Å². The third kappa shape index (κ3) is 1.45. The summed E-state index contributed by atoms with van der Waals surface area (Å²) in [6.45, 7) is 3.81. The zero-order chi connectivity index (χ0) is 6.69. The van der Waals surface area contributed by atoms with E-state index < -0.39 is 0 Å². The van der Waals surface area contributed by atoms with E-state index in [-0.39, 0.29) is 0 Å². The predicted octanol–water partition coefficient (Wildman–Crippen LogP) is 1.99. The predicted molar refractivity (Wildman–Crippen MR) is 40.5 cm³/mol. The molecule has 0 aliphatic carbocycles. The minimum absolute atomic E-state index is 1.00. The largest absolute Gasteiger partial charge is 0.264 e. The number of thioether (sulfide) groups is 1. The van der Waals surface area contributed by atoms with Crippen molar-refractivity contribution in [1.29, 1.82) is 0 Å². The topological polar surface area (TPSA) is 12.9 Å². The molecule has 1 aromatic rings. The van der Waals surface area contributed by atoms with Gasteiger partial charge in [-0.05, 0) is 24.8 Å². The second-order valence-corrected chi connectivity index (χ2v) is 2.54. The van der Waals surface area contributed by atoms with E-state index in [1.165, 1.54) is 4.90 Å². The number of rotatable bonds is 1. The fraction of sp³-hybridized carbons (Fsp3) is 0.143. The smallest absolute Gasteiger partial charge is 0.0311 e. The molecule has 0 atom stereocenters. The molecule has 0 spiro atoms. The SMILES string of the molecule is [CH2]c1cnccc1SC. The maximum absolute atomic E-state index is 3.92. The summed E-state index contributed by atoms with van der Waals surface area (Å²) in [7, 11) is 0. The lowest BCUT2D eigenvalue weighted by molar-refractivity contribution is 1.23. The van der Waals surface area contributed by atoms with Crippen LogP contribution in [0.3, 0.4) is 0 Å². The van der Waals surface area contributed by atoms with Crippen molar-refractivity contribution in [3.63, 3.8) is 0 Å². The Bertz CT molecular complexity index is 198. The molecule has 0 fully saturated rings. The van der Waals surface area contributed by atoms with Gasteiger partial charge in [0.05, 0.1) is 0 Å². The molecule has 0 aliphatic heterocycles. The summed E-state index contributed by atoms with van der Waals surface area (Å²) >= 11 is 1.69. The molecule has 0 bridgehead atoms. The molecule has 9 heavy (non-hydrogen) atoms. The Morgan fingerprint density at radius 1 is 1.67 bits per heavy atom. The Hall–Kier alpha value is -0.500. The van der Waals surface area contributed by atoms with Gasteiger partial charge in [-0.1, -0.05) is 0 Å². The van der Waals surface area contributed by atoms with Crippen molar-refractivity contribution < 1.29 is 0 Å². The van der Waals surface area contributed by atoms with Crippen LogP contribution >= 0.6 is 11.8 Å². The van der Waals surface area contributed by atoms with Gasteiger partial charge in [0, 0.05) is 17.3 Å². The van der Waals surface area contributed by atoms with Gasteiger partial charge >= 0.3 is 0 Å². The van der Waals surface area contributed by atoms with Crippen LogP contribution in [-0.2, 0) is 0 Å². The van der Waals surface area contributed by atoms with Crippen LogP contribution < -0.4 is 0 Å². The highest BCUT2D eigenvalue weighted by atomic mass is 32.2. The third-order valence-electron chi connectivity index (χ3n) is 1.08. The van der Waals surface area contributed by atoms with Crippen LogP contribution in [0.5, 0.6) is 0 Å². The van der Waals surface area contributed by atoms with Crippen LogP contribution in [0.25, 0.3) is 0 Å². The first-order valence-corrected chi connectivity index (χ1v) is 3.87. The molecule has 1 nitrogen and oxygen atoms in total. The van der Waals surface area contributed by atoms with E-state index >= 15 is 0 Å². The zero-order valence-corrected chi connectivity index (χ0v) is 6.11. The molecule has 0 saturated carbocycles. The van der Waals surface area contributed by atoms with Crippen LogP contribution in [0.4, 0.5) is 0 Å². The summed E-state index contributed by atoms with van der Waals surface area (Å²) in [6, 6.07) is 1.97. The van der Waals surface area contributed by atoms with Gasteiger partial charge in [-0.15, -0.1) is 11.8 Å². The molecule has 1 heterocycles. The van der Waals surface area contributed by atoms with Gasteiger partial charge in [0.15, 0.2) is 0 Å². The summed E-state index contributed by atoms with van der Waals surface area (Å²) in [4.78, 5) is 5.12. The Kier molecular flexibility index (Phi) is 2.11. The number of pyridine rings is 1. The van der Waals surface area contributed by atoms with Crippen molar-refractivity contribution in [3.8, 4) is 0 Å². The van der Waals surface area contributed by atoms with E-state index in [4.69, 9.17) is 0 Å². The fourth-order valence-electron chi connectivity index (χ4n) is 0.614. The highest BCUT2D eigenvalue weighted by Crippen LogP contribution is 2.16. The second-order valence-electron chi connectivity index (χ2n) is 1.69. The quantitative estimate of drug-likeness (QED) is 0.550. The molecule has 1 aromatic heterocycles. The van der Waals surface area contributed by atoms with Crippen molar-refractivity contribution in [2.45, 2.75) is 4.90 Å². The van der Waals surface area contributed by atoms with E-state index in [1.54, 1.807) is 24.2 Å². The number of hydrogen-bond acceptors (Lipinski definition) is 2. The van der Waals surface area contributed by atoms with Crippen LogP contribution in [-0.4, -0.2) is 11.2 Å². The van der Waals surface area contributed by atoms with E-state index in [1.807, 2.05) is 12.3 Å². The zero-order valence-electron chi connectivity index (χ0n) is 5.29. The summed E-state index contributed by atoms with van der Waals surface area (Å²) < 4.78 is 0. The molecule has 0 N–H and O–H groups in total. The molecule has 0 saturated heterocycles. The fourth-order valence-corrected chi connectivity index (χ4v) is 1.13. The average Bonchev–Trinajstić information content (AvgIpc) is 1.89. The molecule has 2 heteroatoms. The van der Waals surface area contributed by atoms with Gasteiger partial charge in [-0.25, -0.2) is 0 Å².